The number of carbonyl (C=O) groups excluding carboxylic acids is 2. The lowest BCUT2D eigenvalue weighted by atomic mass is 10.0. The molecule has 0 saturated carbocycles. The summed E-state index contributed by atoms with van der Waals surface area (Å²) in [6.45, 7) is 0.265. The molecule has 0 atom stereocenters. The summed E-state index contributed by atoms with van der Waals surface area (Å²) in [5, 5.41) is 30.0. The van der Waals surface area contributed by atoms with Gasteiger partial charge in [0.15, 0.2) is 0 Å². The molecule has 6 aromatic rings. The van der Waals surface area contributed by atoms with E-state index in [2.05, 4.69) is 54.0 Å². The van der Waals surface area contributed by atoms with E-state index >= 15 is 0 Å². The maximum atomic E-state index is 12.7. The van der Waals surface area contributed by atoms with E-state index in [9.17, 15) is 24.9 Å². The number of fused-ring (bicyclic) bond motifs is 2. The summed E-state index contributed by atoms with van der Waals surface area (Å²) in [5.74, 6) is -0.713. The van der Waals surface area contributed by atoms with E-state index in [0.717, 1.165) is 19.8 Å². The molecule has 4 aromatic heterocycles. The van der Waals surface area contributed by atoms with Gasteiger partial charge < -0.3 is 19.5 Å². The summed E-state index contributed by atoms with van der Waals surface area (Å²) >= 11 is 6.87. The molecule has 13 nitrogen and oxygen atoms in total. The van der Waals surface area contributed by atoms with Crippen LogP contribution in [0.5, 0.6) is 11.5 Å². The number of aliphatic carboxylic acids is 1. The van der Waals surface area contributed by atoms with Crippen LogP contribution in [0.4, 0.5) is 0 Å². The number of pyridine rings is 2. The second-order valence-corrected chi connectivity index (χ2v) is 14.2. The minimum atomic E-state index is -1.22. The van der Waals surface area contributed by atoms with Crippen molar-refractivity contribution in [3.8, 4) is 23.6 Å². The molecule has 0 saturated heterocycles. The second kappa shape index (κ2) is 18.3. The Hall–Kier alpha value is -6.39. The minimum Gasteiger partial charge on any atom is -0.496 e. The third-order valence-electron chi connectivity index (χ3n) is 8.31. The molecule has 15 heteroatoms. The second-order valence-electron chi connectivity index (χ2n) is 12.3. The van der Waals surface area contributed by atoms with Crippen molar-refractivity contribution in [1.29, 1.82) is 10.5 Å². The van der Waals surface area contributed by atoms with Gasteiger partial charge >= 0.3 is 5.97 Å². The lowest BCUT2D eigenvalue weighted by Crippen LogP contribution is -2.25. The zero-order chi connectivity index (χ0) is 40.5. The normalized spacial score (nSPS) is 11.4. The number of likely N-dealkylation sites (N-methyl/N-ethyl adjacent to an activating group) is 1. The summed E-state index contributed by atoms with van der Waals surface area (Å²) in [5.41, 5.74) is 4.46. The molecule has 2 aromatic carbocycles. The zero-order valence-corrected chi connectivity index (χ0v) is 33.7. The Morgan fingerprint density at radius 2 is 1.21 bits per heavy atom. The maximum absolute atomic E-state index is 12.7. The highest BCUT2D eigenvalue weighted by molar-refractivity contribution is 9.10. The number of hydrogen-bond acceptors (Lipinski definition) is 10. The Morgan fingerprint density at radius 3 is 1.61 bits per heavy atom. The highest BCUT2D eigenvalue weighted by atomic mass is 79.9. The first-order valence-corrected chi connectivity index (χ1v) is 18.2. The first kappa shape index (κ1) is 40.8. The van der Waals surface area contributed by atoms with E-state index in [1.165, 1.54) is 17.9 Å². The van der Waals surface area contributed by atoms with E-state index in [1.807, 2.05) is 37.2 Å². The van der Waals surface area contributed by atoms with Gasteiger partial charge in [0.05, 0.1) is 55.1 Å². The number of hydrogen-bond donors (Lipinski definition) is 1. The van der Waals surface area contributed by atoms with Crippen molar-refractivity contribution in [2.75, 3.05) is 34.9 Å². The SMILES string of the molecule is COc1ccncc1/C=C(\C#N)c1cn(C(=O)CN(C)C)c2ccc(Br)cc12.COc1ccncc1C=C(C#N)c1cn(C(=O)CC(=O)O)c2ccc(Br)cc12. The van der Waals surface area contributed by atoms with E-state index in [0.29, 0.717) is 50.2 Å². The van der Waals surface area contributed by atoms with Crippen LogP contribution in [0.2, 0.25) is 0 Å². The number of methoxy groups -OCH3 is 2. The number of carboxylic acid groups (broad SMARTS) is 1. The van der Waals surface area contributed by atoms with Crippen LogP contribution in [0.15, 0.2) is 94.7 Å². The Morgan fingerprint density at radius 1 is 0.768 bits per heavy atom. The molecule has 0 aliphatic carbocycles. The predicted octanol–water partition coefficient (Wildman–Crippen LogP) is 8.06. The van der Waals surface area contributed by atoms with Gasteiger partial charge in [0.25, 0.3) is 0 Å². The van der Waals surface area contributed by atoms with Gasteiger partial charge in [-0.2, -0.15) is 10.5 Å². The standard InChI is InChI=1S/C21H19BrN4O2.C20H14BrN3O4/c1-25(2)13-21(27)26-12-18(17-9-16(22)4-5-19(17)26)14(10-23)8-15-11-24-7-6-20(15)28-3;1-28-18-4-5-23-10-13(18)6-12(9-22)16-11-24(19(25)8-20(26)27)17-3-2-14(21)7-15(16)17/h4-9,11-12H,13H2,1-3H3;2-7,10-11H,8H2,1H3,(H,26,27)/b14-8+;. The van der Waals surface area contributed by atoms with Gasteiger partial charge in [-0.25, -0.2) is 0 Å². The molecule has 0 radical (unpaired) electrons. The van der Waals surface area contributed by atoms with Crippen LogP contribution in [0.3, 0.4) is 0 Å². The topological polar surface area (TPSA) is 176 Å². The Balaban J connectivity index is 0.000000214. The third-order valence-corrected chi connectivity index (χ3v) is 9.29. The molecule has 56 heavy (non-hydrogen) atoms. The van der Waals surface area contributed by atoms with E-state index < -0.39 is 18.3 Å². The van der Waals surface area contributed by atoms with Gasteiger partial charge in [-0.1, -0.05) is 31.9 Å². The molecule has 0 amide bonds. The number of halogens is 2. The average molecular weight is 880 g/mol. The highest BCUT2D eigenvalue weighted by Gasteiger charge is 2.20. The number of rotatable bonds is 10. The molecule has 0 aliphatic rings. The van der Waals surface area contributed by atoms with Gasteiger partial charge in [0.2, 0.25) is 11.8 Å². The molecule has 0 spiro atoms. The molecule has 0 bridgehead atoms. The number of carbonyl (C=O) groups is 3. The summed E-state index contributed by atoms with van der Waals surface area (Å²) in [4.78, 5) is 46.0. The molecule has 4 heterocycles. The van der Waals surface area contributed by atoms with Crippen molar-refractivity contribution in [1.82, 2.24) is 24.0 Å². The van der Waals surface area contributed by atoms with Crippen molar-refractivity contribution in [2.45, 2.75) is 6.42 Å². The molecule has 1 N–H and O–H groups in total. The van der Waals surface area contributed by atoms with Crippen molar-refractivity contribution < 1.29 is 29.0 Å². The van der Waals surface area contributed by atoms with Crippen LogP contribution in [0.25, 0.3) is 45.1 Å². The van der Waals surface area contributed by atoms with Gasteiger partial charge in [-0.05, 0) is 74.8 Å². The predicted molar refractivity (Wildman–Crippen MR) is 220 cm³/mol. The fraction of sp³-hybridized carbons (Fsp3) is 0.146. The van der Waals surface area contributed by atoms with Crippen LogP contribution >= 0.6 is 31.9 Å². The van der Waals surface area contributed by atoms with Crippen LogP contribution in [0.1, 0.15) is 38.3 Å². The van der Waals surface area contributed by atoms with Crippen molar-refractivity contribution >= 4 is 94.7 Å². The fourth-order valence-electron chi connectivity index (χ4n) is 5.84. The lowest BCUT2D eigenvalue weighted by molar-refractivity contribution is -0.136. The smallest absolute Gasteiger partial charge is 0.312 e. The van der Waals surface area contributed by atoms with Gasteiger partial charge in [0, 0.05) is 79.2 Å². The number of benzene rings is 2. The quantitative estimate of drug-likeness (QED) is 0.104. The Kier molecular flexibility index (Phi) is 13.3. The molecule has 0 unspecified atom stereocenters. The highest BCUT2D eigenvalue weighted by Crippen LogP contribution is 2.34. The molecule has 0 fully saturated rings. The first-order chi connectivity index (χ1) is 26.9. The monoisotopic (exact) mass is 877 g/mol. The van der Waals surface area contributed by atoms with E-state index in [4.69, 9.17) is 14.6 Å². The van der Waals surface area contributed by atoms with Crippen LogP contribution in [0, 0.1) is 22.7 Å². The molecule has 0 aliphatic heterocycles. The van der Waals surface area contributed by atoms with Crippen LogP contribution in [-0.2, 0) is 4.79 Å². The summed E-state index contributed by atoms with van der Waals surface area (Å²) < 4.78 is 15.1. The maximum Gasteiger partial charge on any atom is 0.312 e. The zero-order valence-electron chi connectivity index (χ0n) is 30.5. The van der Waals surface area contributed by atoms with Crippen LogP contribution < -0.4 is 9.47 Å². The van der Waals surface area contributed by atoms with Crippen molar-refractivity contribution in [3.63, 3.8) is 0 Å². The molecular formula is C41H33Br2N7O6. The van der Waals surface area contributed by atoms with Crippen LogP contribution in [-0.4, -0.2) is 81.8 Å². The number of aromatic nitrogens is 4. The summed E-state index contributed by atoms with van der Waals surface area (Å²) in [7, 11) is 6.78. The Bertz CT molecular complexity index is 2630. The van der Waals surface area contributed by atoms with E-state index in [1.54, 1.807) is 85.1 Å². The fourth-order valence-corrected chi connectivity index (χ4v) is 6.56. The van der Waals surface area contributed by atoms with Gasteiger partial charge in [0.1, 0.15) is 17.9 Å². The van der Waals surface area contributed by atoms with E-state index in [-0.39, 0.29) is 18.0 Å². The molecule has 282 valence electrons. The van der Waals surface area contributed by atoms with Crippen molar-refractivity contribution in [3.05, 3.63) is 117 Å². The number of ether oxygens (including phenoxy) is 2. The number of allylic oxidation sites excluding steroid dienone is 2. The third kappa shape index (κ3) is 9.27. The molecular weight excluding hydrogens is 846 g/mol. The molecule has 6 rings (SSSR count). The number of nitrogens with zero attached hydrogens (tertiary/aromatic N) is 7. The summed E-state index contributed by atoms with van der Waals surface area (Å²) in [6, 6.07) is 18.7. The summed E-state index contributed by atoms with van der Waals surface area (Å²) in [6.07, 6.45) is 12.3. The van der Waals surface area contributed by atoms with Crippen molar-refractivity contribution in [2.24, 2.45) is 0 Å². The minimum absolute atomic E-state index is 0.0696. The first-order valence-electron chi connectivity index (χ1n) is 16.6. The number of carboxylic acids is 1. The lowest BCUT2D eigenvalue weighted by Gasteiger charge is -2.09. The van der Waals surface area contributed by atoms with Gasteiger partial charge in [-0.3, -0.25) is 33.5 Å². The average Bonchev–Trinajstić information content (AvgIpc) is 3.74. The number of nitriles is 2. The largest absolute Gasteiger partial charge is 0.496 e. The Labute approximate surface area is 338 Å². The van der Waals surface area contributed by atoms with Gasteiger partial charge in [-0.15, -0.1) is 0 Å².